The Balaban J connectivity index is 1.64. The summed E-state index contributed by atoms with van der Waals surface area (Å²) in [5.74, 6) is -0.941. The molecule has 1 heterocycles. The third-order valence-electron chi connectivity index (χ3n) is 6.73. The molecule has 37 heavy (non-hydrogen) atoms. The zero-order valence-electron chi connectivity index (χ0n) is 20.7. The molecule has 7 nitrogen and oxygen atoms in total. The summed E-state index contributed by atoms with van der Waals surface area (Å²) in [6.07, 6.45) is 0.451. The summed E-state index contributed by atoms with van der Waals surface area (Å²) in [5.41, 5.74) is 0.520. The molecule has 4 rings (SSSR count). The maximum atomic E-state index is 13.0. The van der Waals surface area contributed by atoms with Crippen molar-refractivity contribution in [2.24, 2.45) is 5.92 Å². The van der Waals surface area contributed by atoms with Gasteiger partial charge in [0, 0.05) is 41.7 Å². The van der Waals surface area contributed by atoms with Gasteiger partial charge in [0.05, 0.1) is 11.1 Å². The highest BCUT2D eigenvalue weighted by atomic mass is 19.4. The summed E-state index contributed by atoms with van der Waals surface area (Å²) in [6, 6.07) is 9.03. The average molecular weight is 515 g/mol. The van der Waals surface area contributed by atoms with Gasteiger partial charge in [-0.25, -0.2) is 0 Å². The number of hydrogen-bond acceptors (Lipinski definition) is 3. The predicted octanol–water partition coefficient (Wildman–Crippen LogP) is 5.73. The molecule has 10 heteroatoms. The van der Waals surface area contributed by atoms with Crippen LogP contribution in [0.5, 0.6) is 0 Å². The molecule has 0 atom stereocenters. The molecule has 0 saturated heterocycles. The third-order valence-corrected chi connectivity index (χ3v) is 6.73. The quantitative estimate of drug-likeness (QED) is 0.392. The second kappa shape index (κ2) is 10.7. The molecule has 0 unspecified atom stereocenters. The van der Waals surface area contributed by atoms with E-state index in [-0.39, 0.29) is 28.8 Å². The van der Waals surface area contributed by atoms with E-state index in [9.17, 15) is 27.6 Å². The van der Waals surface area contributed by atoms with Gasteiger partial charge < -0.3 is 20.5 Å². The summed E-state index contributed by atoms with van der Waals surface area (Å²) in [7, 11) is 1.72. The van der Waals surface area contributed by atoms with Crippen molar-refractivity contribution in [1.29, 1.82) is 0 Å². The fraction of sp³-hybridized carbons (Fsp3) is 0.370. The van der Waals surface area contributed by atoms with E-state index in [0.717, 1.165) is 56.4 Å². The molecule has 0 bridgehead atoms. The minimum Gasteiger partial charge on any atom is -0.352 e. The molecule has 196 valence electrons. The minimum atomic E-state index is -4.51. The number of fused-ring (bicyclic) bond motifs is 1. The van der Waals surface area contributed by atoms with Gasteiger partial charge in [0.2, 0.25) is 5.91 Å². The molecule has 1 fully saturated rings. The molecule has 2 aromatic carbocycles. The lowest BCUT2D eigenvalue weighted by molar-refractivity contribution is -0.137. The van der Waals surface area contributed by atoms with Crippen LogP contribution in [0.15, 0.2) is 42.5 Å². The summed E-state index contributed by atoms with van der Waals surface area (Å²) in [5, 5.41) is 5.87. The maximum absolute atomic E-state index is 13.0. The van der Waals surface area contributed by atoms with Gasteiger partial charge in [0.25, 0.3) is 11.8 Å². The number of aromatic nitrogens is 1. The van der Waals surface area contributed by atoms with Crippen molar-refractivity contribution >= 4 is 40.1 Å². The Morgan fingerprint density at radius 3 is 2.30 bits per heavy atom. The van der Waals surface area contributed by atoms with Gasteiger partial charge in [-0.3, -0.25) is 14.4 Å². The minimum absolute atomic E-state index is 0.00649. The van der Waals surface area contributed by atoms with Crippen LogP contribution in [0.1, 0.15) is 65.3 Å². The van der Waals surface area contributed by atoms with Gasteiger partial charge in [-0.15, -0.1) is 0 Å². The SMILES string of the molecule is CCNC(=O)c1c(NC(=O)c2ccc(C(F)(F)F)cc2)[nH]c2cc(N(C)C(=O)C3CCCCC3)ccc12. The van der Waals surface area contributed by atoms with Crippen molar-refractivity contribution < 1.29 is 27.6 Å². The van der Waals surface area contributed by atoms with Crippen LogP contribution in [-0.4, -0.2) is 36.3 Å². The largest absolute Gasteiger partial charge is 0.416 e. The highest BCUT2D eigenvalue weighted by Crippen LogP contribution is 2.33. The van der Waals surface area contributed by atoms with Crippen molar-refractivity contribution in [2.75, 3.05) is 23.8 Å². The number of hydrogen-bond donors (Lipinski definition) is 3. The Morgan fingerprint density at radius 1 is 1.00 bits per heavy atom. The van der Waals surface area contributed by atoms with Crippen molar-refractivity contribution in [3.8, 4) is 0 Å². The second-order valence-corrected chi connectivity index (χ2v) is 9.23. The van der Waals surface area contributed by atoms with Crippen LogP contribution in [0.3, 0.4) is 0 Å². The molecule has 0 radical (unpaired) electrons. The standard InChI is InChI=1S/C27H29F3N4O3/c1-3-31-25(36)22-20-14-13-19(34(2)26(37)17-7-5-4-6-8-17)15-21(20)32-23(22)33-24(35)16-9-11-18(12-10-16)27(28,29)30/h9-15,17,32H,3-8H2,1-2H3,(H,31,36)(H,33,35). The second-order valence-electron chi connectivity index (χ2n) is 9.23. The summed E-state index contributed by atoms with van der Waals surface area (Å²) in [4.78, 5) is 43.4. The van der Waals surface area contributed by atoms with Crippen molar-refractivity contribution in [3.05, 3.63) is 59.2 Å². The fourth-order valence-corrected chi connectivity index (χ4v) is 4.72. The first-order valence-corrected chi connectivity index (χ1v) is 12.3. The zero-order chi connectivity index (χ0) is 26.7. The van der Waals surface area contributed by atoms with Gasteiger partial charge in [-0.05, 0) is 62.2 Å². The first kappa shape index (κ1) is 26.2. The summed E-state index contributed by atoms with van der Waals surface area (Å²) in [6.45, 7) is 2.12. The van der Waals surface area contributed by atoms with Crippen LogP contribution in [0.4, 0.5) is 24.7 Å². The lowest BCUT2D eigenvalue weighted by Crippen LogP contribution is -2.33. The first-order valence-electron chi connectivity index (χ1n) is 12.3. The lowest BCUT2D eigenvalue weighted by atomic mass is 9.88. The van der Waals surface area contributed by atoms with E-state index in [1.807, 2.05) is 0 Å². The Bertz CT molecular complexity index is 1310. The van der Waals surface area contributed by atoms with Crippen LogP contribution >= 0.6 is 0 Å². The number of carbonyl (C=O) groups excluding carboxylic acids is 3. The van der Waals surface area contributed by atoms with E-state index in [1.54, 1.807) is 37.1 Å². The molecule has 1 saturated carbocycles. The number of halogens is 3. The molecule has 1 aliphatic rings. The Kier molecular flexibility index (Phi) is 7.56. The maximum Gasteiger partial charge on any atom is 0.416 e. The van der Waals surface area contributed by atoms with E-state index in [1.165, 1.54) is 0 Å². The number of rotatable bonds is 6. The van der Waals surface area contributed by atoms with Crippen LogP contribution < -0.4 is 15.5 Å². The third kappa shape index (κ3) is 5.63. The normalized spacial score (nSPS) is 14.4. The molecule has 3 N–H and O–H groups in total. The van der Waals surface area contributed by atoms with Crippen molar-refractivity contribution in [1.82, 2.24) is 10.3 Å². The molecule has 3 aromatic rings. The Hall–Kier alpha value is -3.82. The molecular formula is C27H29F3N4O3. The first-order chi connectivity index (χ1) is 17.6. The zero-order valence-corrected chi connectivity index (χ0v) is 20.7. The highest BCUT2D eigenvalue weighted by molar-refractivity contribution is 6.16. The van der Waals surface area contributed by atoms with E-state index in [2.05, 4.69) is 15.6 Å². The average Bonchev–Trinajstić information content (AvgIpc) is 3.25. The number of H-pyrrole nitrogens is 1. The van der Waals surface area contributed by atoms with E-state index in [0.29, 0.717) is 23.1 Å². The van der Waals surface area contributed by atoms with Gasteiger partial charge in [0.15, 0.2) is 0 Å². The highest BCUT2D eigenvalue weighted by Gasteiger charge is 2.30. The van der Waals surface area contributed by atoms with Gasteiger partial charge in [-0.1, -0.05) is 19.3 Å². The van der Waals surface area contributed by atoms with Crippen molar-refractivity contribution in [2.45, 2.75) is 45.2 Å². The number of amides is 3. The van der Waals surface area contributed by atoms with E-state index < -0.39 is 23.6 Å². The van der Waals surface area contributed by atoms with Crippen LogP contribution in [0, 0.1) is 5.92 Å². The number of carbonyl (C=O) groups is 3. The van der Waals surface area contributed by atoms with Gasteiger partial charge in [0.1, 0.15) is 5.82 Å². The van der Waals surface area contributed by atoms with Gasteiger partial charge >= 0.3 is 6.18 Å². The van der Waals surface area contributed by atoms with Crippen LogP contribution in [0.25, 0.3) is 10.9 Å². The van der Waals surface area contributed by atoms with E-state index >= 15 is 0 Å². The molecular weight excluding hydrogens is 485 g/mol. The summed E-state index contributed by atoms with van der Waals surface area (Å²) >= 11 is 0. The Labute approximate surface area is 212 Å². The van der Waals surface area contributed by atoms with Crippen LogP contribution in [-0.2, 0) is 11.0 Å². The molecule has 0 spiro atoms. The lowest BCUT2D eigenvalue weighted by Gasteiger charge is -2.26. The van der Waals surface area contributed by atoms with Gasteiger partial charge in [-0.2, -0.15) is 13.2 Å². The number of anilines is 2. The Morgan fingerprint density at radius 2 is 1.68 bits per heavy atom. The monoisotopic (exact) mass is 514 g/mol. The molecule has 1 aromatic heterocycles. The van der Waals surface area contributed by atoms with Crippen LogP contribution in [0.2, 0.25) is 0 Å². The molecule has 3 amide bonds. The molecule has 0 aliphatic heterocycles. The molecule has 1 aliphatic carbocycles. The van der Waals surface area contributed by atoms with E-state index in [4.69, 9.17) is 0 Å². The topological polar surface area (TPSA) is 94.3 Å². The number of nitrogens with one attached hydrogen (secondary N) is 3. The number of benzene rings is 2. The van der Waals surface area contributed by atoms with Crippen molar-refractivity contribution in [3.63, 3.8) is 0 Å². The fourth-order valence-electron chi connectivity index (χ4n) is 4.72. The number of alkyl halides is 3. The smallest absolute Gasteiger partial charge is 0.352 e. The predicted molar refractivity (Wildman–Crippen MR) is 136 cm³/mol. The summed E-state index contributed by atoms with van der Waals surface area (Å²) < 4.78 is 38.6. The number of nitrogens with zero attached hydrogens (tertiary/aromatic N) is 1. The number of aromatic amines is 1.